The van der Waals surface area contributed by atoms with Gasteiger partial charge in [0.15, 0.2) is 0 Å². The summed E-state index contributed by atoms with van der Waals surface area (Å²) in [6.07, 6.45) is 8.50. The monoisotopic (exact) mass is 496 g/mol. The maximum Gasteiger partial charge on any atom is 0.104 e. The van der Waals surface area contributed by atoms with Crippen LogP contribution in [0.3, 0.4) is 0 Å². The van der Waals surface area contributed by atoms with Crippen LogP contribution in [0.4, 0.5) is 0 Å². The molecule has 0 spiro atoms. The SMILES string of the molecule is C[N+]1(Cc2ccc(C[N+]3(C)CCCCC3)cc2)CCCCC1.O.O.[Br-].[Br-]. The molecule has 0 unspecified atom stereocenters. The van der Waals surface area contributed by atoms with E-state index in [1.54, 1.807) is 0 Å². The molecule has 2 saturated heterocycles. The molecule has 4 N–H and O–H groups in total. The minimum Gasteiger partial charge on any atom is -1.00 e. The fourth-order valence-corrected chi connectivity index (χ4v) is 4.50. The van der Waals surface area contributed by atoms with Crippen molar-refractivity contribution in [1.82, 2.24) is 0 Å². The van der Waals surface area contributed by atoms with Gasteiger partial charge in [-0.05, 0) is 38.5 Å². The summed E-state index contributed by atoms with van der Waals surface area (Å²) in [5.74, 6) is 0. The van der Waals surface area contributed by atoms with Crippen LogP contribution in [0.5, 0.6) is 0 Å². The number of quaternary nitrogens is 2. The molecule has 0 radical (unpaired) electrons. The molecule has 3 rings (SSSR count). The third-order valence-corrected chi connectivity index (χ3v) is 5.94. The highest BCUT2D eigenvalue weighted by atomic mass is 79.9. The van der Waals surface area contributed by atoms with Crippen LogP contribution in [0, 0.1) is 0 Å². The Bertz CT molecular complexity index is 440. The summed E-state index contributed by atoms with van der Waals surface area (Å²) in [6, 6.07) is 9.57. The second-order valence-electron chi connectivity index (χ2n) is 8.39. The van der Waals surface area contributed by atoms with Crippen LogP contribution < -0.4 is 34.0 Å². The normalized spacial score (nSPS) is 20.4. The summed E-state index contributed by atoms with van der Waals surface area (Å²) in [5.41, 5.74) is 3.05. The van der Waals surface area contributed by atoms with E-state index in [4.69, 9.17) is 0 Å². The molecule has 0 aliphatic carbocycles. The van der Waals surface area contributed by atoms with E-state index in [1.165, 1.54) is 97.9 Å². The number of hydrogen-bond acceptors (Lipinski definition) is 0. The van der Waals surface area contributed by atoms with Gasteiger partial charge in [0.1, 0.15) is 13.1 Å². The topological polar surface area (TPSA) is 63.0 Å². The molecule has 2 heterocycles. The Labute approximate surface area is 180 Å². The number of benzene rings is 1. The van der Waals surface area contributed by atoms with E-state index in [0.717, 1.165) is 0 Å². The molecular formula is C20H38Br2N2O2. The molecule has 154 valence electrons. The van der Waals surface area contributed by atoms with Gasteiger partial charge in [0, 0.05) is 11.1 Å². The molecule has 4 nitrogen and oxygen atoms in total. The number of halogens is 2. The first kappa shape index (κ1) is 28.2. The van der Waals surface area contributed by atoms with E-state index in [1.807, 2.05) is 0 Å². The van der Waals surface area contributed by atoms with Gasteiger partial charge in [-0.25, -0.2) is 0 Å². The van der Waals surface area contributed by atoms with Gasteiger partial charge in [-0.3, -0.25) is 0 Å². The lowest BCUT2D eigenvalue weighted by atomic mass is 10.0. The van der Waals surface area contributed by atoms with Crippen molar-refractivity contribution >= 4 is 0 Å². The van der Waals surface area contributed by atoms with Gasteiger partial charge in [0.2, 0.25) is 0 Å². The fraction of sp³-hybridized carbons (Fsp3) is 0.700. The highest BCUT2D eigenvalue weighted by Gasteiger charge is 2.26. The second kappa shape index (κ2) is 12.5. The number of rotatable bonds is 4. The minimum atomic E-state index is 0. The third-order valence-electron chi connectivity index (χ3n) is 5.94. The standard InChI is InChI=1S/C20H34N2.2BrH.2H2O/c1-21(13-5-3-6-14-21)17-19-9-11-20(12-10-19)18-22(2)15-7-4-8-16-22;;;;/h9-12H,3-8,13-18H2,1-2H3;2*1H;2*1H2/q+2;;;;/p-2. The van der Waals surface area contributed by atoms with Crippen LogP contribution >= 0.6 is 0 Å². The second-order valence-corrected chi connectivity index (χ2v) is 8.39. The maximum atomic E-state index is 2.44. The van der Waals surface area contributed by atoms with E-state index >= 15 is 0 Å². The summed E-state index contributed by atoms with van der Waals surface area (Å²) in [6.45, 7) is 7.86. The quantitative estimate of drug-likeness (QED) is 0.384. The third kappa shape index (κ3) is 7.95. The first-order valence-corrected chi connectivity index (χ1v) is 9.32. The molecule has 2 aliphatic rings. The first-order chi connectivity index (χ1) is 10.6. The zero-order valence-corrected chi connectivity index (χ0v) is 19.6. The summed E-state index contributed by atoms with van der Waals surface area (Å²) < 4.78 is 2.49. The predicted molar refractivity (Wildman–Crippen MR) is 101 cm³/mol. The average molecular weight is 498 g/mol. The van der Waals surface area contributed by atoms with Crippen molar-refractivity contribution in [2.45, 2.75) is 51.6 Å². The zero-order chi connectivity index (χ0) is 15.5. The Morgan fingerprint density at radius 1 is 0.577 bits per heavy atom. The maximum absolute atomic E-state index is 2.44. The van der Waals surface area contributed by atoms with Crippen molar-refractivity contribution < 1.29 is 53.9 Å². The van der Waals surface area contributed by atoms with Gasteiger partial charge >= 0.3 is 0 Å². The molecule has 1 aromatic carbocycles. The molecule has 2 aliphatic heterocycles. The number of likely N-dealkylation sites (tertiary alicyclic amines) is 2. The van der Waals surface area contributed by atoms with Gasteiger partial charge < -0.3 is 53.9 Å². The Kier molecular flexibility index (Phi) is 13.5. The van der Waals surface area contributed by atoms with Gasteiger partial charge in [0.05, 0.1) is 40.3 Å². The Morgan fingerprint density at radius 2 is 0.846 bits per heavy atom. The molecule has 0 bridgehead atoms. The minimum absolute atomic E-state index is 0. The molecule has 1 aromatic rings. The van der Waals surface area contributed by atoms with Crippen LogP contribution in [0.2, 0.25) is 0 Å². The first-order valence-electron chi connectivity index (χ1n) is 9.32. The lowest BCUT2D eigenvalue weighted by Crippen LogP contribution is -3.00. The van der Waals surface area contributed by atoms with Crippen molar-refractivity contribution in [3.8, 4) is 0 Å². The van der Waals surface area contributed by atoms with Gasteiger partial charge in [0.25, 0.3) is 0 Å². The van der Waals surface area contributed by atoms with Crippen LogP contribution in [0.1, 0.15) is 49.7 Å². The Morgan fingerprint density at radius 3 is 1.12 bits per heavy atom. The smallest absolute Gasteiger partial charge is 0.104 e. The highest BCUT2D eigenvalue weighted by molar-refractivity contribution is 5.21. The molecule has 6 heteroatoms. The van der Waals surface area contributed by atoms with Crippen molar-refractivity contribution in [3.63, 3.8) is 0 Å². The lowest BCUT2D eigenvalue weighted by molar-refractivity contribution is -0.927. The summed E-state index contributed by atoms with van der Waals surface area (Å²) in [4.78, 5) is 0. The van der Waals surface area contributed by atoms with Crippen LogP contribution in [0.15, 0.2) is 24.3 Å². The number of hydrogen-bond donors (Lipinski definition) is 0. The molecule has 2 fully saturated rings. The largest absolute Gasteiger partial charge is 1.00 e. The van der Waals surface area contributed by atoms with Crippen molar-refractivity contribution in [2.24, 2.45) is 0 Å². The van der Waals surface area contributed by atoms with Gasteiger partial charge in [-0.2, -0.15) is 0 Å². The summed E-state index contributed by atoms with van der Waals surface area (Å²) in [7, 11) is 4.88. The van der Waals surface area contributed by atoms with Gasteiger partial charge in [-0.15, -0.1) is 0 Å². The van der Waals surface area contributed by atoms with E-state index < -0.39 is 0 Å². The average Bonchev–Trinajstić information content (AvgIpc) is 2.50. The van der Waals surface area contributed by atoms with Crippen LogP contribution in [-0.2, 0) is 13.1 Å². The van der Waals surface area contributed by atoms with Crippen molar-refractivity contribution in [3.05, 3.63) is 35.4 Å². The fourth-order valence-electron chi connectivity index (χ4n) is 4.50. The van der Waals surface area contributed by atoms with Gasteiger partial charge in [-0.1, -0.05) is 24.3 Å². The van der Waals surface area contributed by atoms with Crippen LogP contribution in [0.25, 0.3) is 0 Å². The summed E-state index contributed by atoms with van der Waals surface area (Å²) >= 11 is 0. The molecule has 0 saturated carbocycles. The molecule has 0 aromatic heterocycles. The molecular weight excluding hydrogens is 460 g/mol. The Hall–Kier alpha value is 0.0200. The van der Waals surface area contributed by atoms with E-state index in [9.17, 15) is 0 Å². The Balaban J connectivity index is 0. The lowest BCUT2D eigenvalue weighted by Gasteiger charge is -2.38. The van der Waals surface area contributed by atoms with E-state index in [0.29, 0.717) is 0 Å². The van der Waals surface area contributed by atoms with Crippen LogP contribution in [-0.4, -0.2) is 60.2 Å². The summed E-state index contributed by atoms with van der Waals surface area (Å²) in [5, 5.41) is 0. The van der Waals surface area contributed by atoms with E-state index in [2.05, 4.69) is 38.4 Å². The number of nitrogens with zero attached hydrogens (tertiary/aromatic N) is 2. The van der Waals surface area contributed by atoms with E-state index in [-0.39, 0.29) is 44.9 Å². The molecule has 26 heavy (non-hydrogen) atoms. The highest BCUT2D eigenvalue weighted by Crippen LogP contribution is 2.23. The van der Waals surface area contributed by atoms with Crippen molar-refractivity contribution in [2.75, 3.05) is 40.3 Å². The molecule has 0 atom stereocenters. The number of piperidine rings is 2. The molecule has 0 amide bonds. The zero-order valence-electron chi connectivity index (χ0n) is 16.4. The van der Waals surface area contributed by atoms with Crippen molar-refractivity contribution in [1.29, 1.82) is 0 Å². The predicted octanol–water partition coefficient (Wildman–Crippen LogP) is -3.69.